The zero-order valence-corrected chi connectivity index (χ0v) is 11.4. The monoisotopic (exact) mass is 317 g/mol. The summed E-state index contributed by atoms with van der Waals surface area (Å²) in [6.45, 7) is 0.703. The van der Waals surface area contributed by atoms with Crippen LogP contribution in [0.4, 0.5) is 11.5 Å². The van der Waals surface area contributed by atoms with Gasteiger partial charge in [-0.25, -0.2) is 4.98 Å². The van der Waals surface area contributed by atoms with E-state index in [9.17, 15) is 0 Å². The van der Waals surface area contributed by atoms with Crippen LogP contribution in [-0.4, -0.2) is 4.98 Å². The second-order valence-electron chi connectivity index (χ2n) is 3.18. The van der Waals surface area contributed by atoms with E-state index in [1.807, 2.05) is 5.38 Å². The number of aromatic nitrogens is 1. The molecule has 6 heteroatoms. The minimum Gasteiger partial charge on any atom is -0.396 e. The summed E-state index contributed by atoms with van der Waals surface area (Å²) in [5, 5.41) is 5.75. The van der Waals surface area contributed by atoms with Gasteiger partial charge in [-0.05, 0) is 28.1 Å². The van der Waals surface area contributed by atoms with Gasteiger partial charge in [-0.2, -0.15) is 0 Å². The molecular weight excluding hydrogens is 310 g/mol. The maximum atomic E-state index is 5.78. The summed E-state index contributed by atoms with van der Waals surface area (Å²) in [6, 6.07) is 3.74. The van der Waals surface area contributed by atoms with E-state index in [0.29, 0.717) is 23.1 Å². The average molecular weight is 319 g/mol. The molecule has 0 spiro atoms. The van der Waals surface area contributed by atoms with E-state index in [1.165, 1.54) is 4.88 Å². The molecule has 2 heterocycles. The summed E-state index contributed by atoms with van der Waals surface area (Å²) in [6.07, 6.45) is 1.57. The van der Waals surface area contributed by atoms with Gasteiger partial charge in [-0.1, -0.05) is 11.6 Å². The lowest BCUT2D eigenvalue weighted by Crippen LogP contribution is -2.03. The number of thiophene rings is 1. The Labute approximate surface area is 111 Å². The fourth-order valence-corrected chi connectivity index (χ4v) is 2.78. The number of nitrogens with two attached hydrogens (primary N) is 1. The lowest BCUT2D eigenvalue weighted by Gasteiger charge is -2.06. The number of nitrogen functional groups attached to an aromatic ring is 1. The van der Waals surface area contributed by atoms with Crippen molar-refractivity contribution in [2.24, 2.45) is 0 Å². The second-order valence-corrected chi connectivity index (χ2v) is 5.52. The molecule has 0 aliphatic rings. The third-order valence-corrected chi connectivity index (χ3v) is 3.84. The normalized spacial score (nSPS) is 10.4. The summed E-state index contributed by atoms with van der Waals surface area (Å²) in [5.74, 6) is 0.661. The van der Waals surface area contributed by atoms with E-state index < -0.39 is 0 Å². The van der Waals surface area contributed by atoms with E-state index in [1.54, 1.807) is 23.6 Å². The number of rotatable bonds is 3. The predicted octanol–water partition coefficient (Wildman–Crippen LogP) is 3.75. The van der Waals surface area contributed by atoms with Gasteiger partial charge in [0, 0.05) is 20.9 Å². The Balaban J connectivity index is 2.04. The van der Waals surface area contributed by atoms with Crippen molar-refractivity contribution in [1.29, 1.82) is 0 Å². The lowest BCUT2D eigenvalue weighted by atomic mass is 10.4. The SMILES string of the molecule is Nc1cc(Cl)cnc1NCc1cc(Br)cs1. The van der Waals surface area contributed by atoms with Gasteiger partial charge in [0.15, 0.2) is 0 Å². The van der Waals surface area contributed by atoms with Crippen molar-refractivity contribution in [2.75, 3.05) is 11.1 Å². The number of hydrogen-bond donors (Lipinski definition) is 2. The fourth-order valence-electron chi connectivity index (χ4n) is 1.22. The van der Waals surface area contributed by atoms with Crippen molar-refractivity contribution in [2.45, 2.75) is 6.54 Å². The Hall–Kier alpha value is -0.780. The number of halogens is 2. The van der Waals surface area contributed by atoms with Crippen LogP contribution in [0.15, 0.2) is 28.2 Å². The molecule has 3 nitrogen and oxygen atoms in total. The van der Waals surface area contributed by atoms with Crippen molar-refractivity contribution in [1.82, 2.24) is 4.98 Å². The Morgan fingerprint density at radius 3 is 2.94 bits per heavy atom. The molecule has 2 aromatic rings. The average Bonchev–Trinajstić information content (AvgIpc) is 2.63. The smallest absolute Gasteiger partial charge is 0.149 e. The first-order valence-corrected chi connectivity index (χ1v) is 6.58. The highest BCUT2D eigenvalue weighted by atomic mass is 79.9. The van der Waals surface area contributed by atoms with Crippen LogP contribution in [0.2, 0.25) is 5.02 Å². The molecule has 0 saturated carbocycles. The van der Waals surface area contributed by atoms with Gasteiger partial charge in [0.2, 0.25) is 0 Å². The standard InChI is InChI=1S/C10H9BrClN3S/c11-6-1-8(16-5-6)4-15-10-9(13)2-7(12)3-14-10/h1-3,5H,4,13H2,(H,14,15). The molecule has 0 fully saturated rings. The molecule has 2 aromatic heterocycles. The third-order valence-electron chi connectivity index (χ3n) is 1.94. The van der Waals surface area contributed by atoms with Gasteiger partial charge in [0.05, 0.1) is 17.3 Å². The van der Waals surface area contributed by atoms with E-state index in [2.05, 4.69) is 32.3 Å². The van der Waals surface area contributed by atoms with Crippen LogP contribution >= 0.6 is 38.9 Å². The summed E-state index contributed by atoms with van der Waals surface area (Å²) in [7, 11) is 0. The Morgan fingerprint density at radius 2 is 2.31 bits per heavy atom. The summed E-state index contributed by atoms with van der Waals surface area (Å²) >= 11 is 10.8. The van der Waals surface area contributed by atoms with Crippen molar-refractivity contribution < 1.29 is 0 Å². The number of nitrogens with zero attached hydrogens (tertiary/aromatic N) is 1. The summed E-state index contributed by atoms with van der Waals surface area (Å²) < 4.78 is 1.09. The first-order valence-electron chi connectivity index (χ1n) is 4.53. The van der Waals surface area contributed by atoms with E-state index in [-0.39, 0.29) is 0 Å². The van der Waals surface area contributed by atoms with Gasteiger partial charge in [-0.15, -0.1) is 11.3 Å². The molecule has 0 atom stereocenters. The minimum atomic E-state index is 0.543. The lowest BCUT2D eigenvalue weighted by molar-refractivity contribution is 1.14. The van der Waals surface area contributed by atoms with Gasteiger partial charge < -0.3 is 11.1 Å². The van der Waals surface area contributed by atoms with Crippen LogP contribution in [0.25, 0.3) is 0 Å². The van der Waals surface area contributed by atoms with E-state index in [4.69, 9.17) is 17.3 Å². The zero-order chi connectivity index (χ0) is 11.5. The quantitative estimate of drug-likeness (QED) is 0.906. The largest absolute Gasteiger partial charge is 0.396 e. The molecular formula is C10H9BrClN3S. The molecule has 0 saturated heterocycles. The highest BCUT2D eigenvalue weighted by Gasteiger charge is 2.02. The summed E-state index contributed by atoms with van der Waals surface area (Å²) in [4.78, 5) is 5.34. The molecule has 2 rings (SSSR count). The highest BCUT2D eigenvalue weighted by Crippen LogP contribution is 2.23. The third kappa shape index (κ3) is 2.87. The van der Waals surface area contributed by atoms with Gasteiger partial charge in [0.25, 0.3) is 0 Å². The van der Waals surface area contributed by atoms with Crippen molar-refractivity contribution in [3.8, 4) is 0 Å². The molecule has 0 unspecified atom stereocenters. The van der Waals surface area contributed by atoms with Gasteiger partial charge in [-0.3, -0.25) is 0 Å². The van der Waals surface area contributed by atoms with Crippen LogP contribution in [0.5, 0.6) is 0 Å². The Morgan fingerprint density at radius 1 is 1.50 bits per heavy atom. The van der Waals surface area contributed by atoms with Gasteiger partial charge in [0.1, 0.15) is 5.82 Å². The molecule has 16 heavy (non-hydrogen) atoms. The van der Waals surface area contributed by atoms with Crippen LogP contribution < -0.4 is 11.1 Å². The van der Waals surface area contributed by atoms with E-state index >= 15 is 0 Å². The molecule has 0 radical (unpaired) electrons. The second kappa shape index (κ2) is 5.03. The van der Waals surface area contributed by atoms with Crippen LogP contribution in [-0.2, 0) is 6.54 Å². The van der Waals surface area contributed by atoms with Crippen molar-refractivity contribution >= 4 is 50.4 Å². The molecule has 0 bridgehead atoms. The minimum absolute atomic E-state index is 0.543. The van der Waals surface area contributed by atoms with Crippen molar-refractivity contribution in [3.63, 3.8) is 0 Å². The number of nitrogens with one attached hydrogen (secondary N) is 1. The number of pyridine rings is 1. The summed E-state index contributed by atoms with van der Waals surface area (Å²) in [5.41, 5.74) is 6.33. The molecule has 84 valence electrons. The first-order chi connectivity index (χ1) is 7.65. The number of anilines is 2. The number of hydrogen-bond acceptors (Lipinski definition) is 4. The first kappa shape index (κ1) is 11.7. The predicted molar refractivity (Wildman–Crippen MR) is 73.0 cm³/mol. The molecule has 0 aromatic carbocycles. The molecule has 3 N–H and O–H groups in total. The topological polar surface area (TPSA) is 50.9 Å². The molecule has 0 amide bonds. The Kier molecular flexibility index (Phi) is 3.68. The highest BCUT2D eigenvalue weighted by molar-refractivity contribution is 9.10. The molecule has 0 aliphatic carbocycles. The van der Waals surface area contributed by atoms with Crippen LogP contribution in [0.1, 0.15) is 4.88 Å². The maximum Gasteiger partial charge on any atom is 0.149 e. The zero-order valence-electron chi connectivity index (χ0n) is 8.21. The maximum absolute atomic E-state index is 5.78. The van der Waals surface area contributed by atoms with Crippen molar-refractivity contribution in [3.05, 3.63) is 38.1 Å². The van der Waals surface area contributed by atoms with E-state index in [0.717, 1.165) is 4.47 Å². The molecule has 0 aliphatic heterocycles. The fraction of sp³-hybridized carbons (Fsp3) is 0.100. The van der Waals surface area contributed by atoms with Gasteiger partial charge >= 0.3 is 0 Å². The van der Waals surface area contributed by atoms with Crippen LogP contribution in [0.3, 0.4) is 0 Å². The Bertz CT molecular complexity index is 501. The van der Waals surface area contributed by atoms with Crippen LogP contribution in [0, 0.1) is 0 Å².